The molecule has 3 rings (SSSR count). The molecule has 3 aromatic rings. The lowest BCUT2D eigenvalue weighted by molar-refractivity contribution is -0.132. The lowest BCUT2D eigenvalue weighted by atomic mass is 9.87. The molecule has 0 aliphatic carbocycles. The van der Waals surface area contributed by atoms with Gasteiger partial charge in [-0.2, -0.15) is 0 Å². The molecule has 0 spiro atoms. The lowest BCUT2D eigenvalue weighted by Crippen LogP contribution is -2.35. The summed E-state index contributed by atoms with van der Waals surface area (Å²) in [4.78, 5) is 11.4. The molecule has 3 nitrogen and oxygen atoms in total. The van der Waals surface area contributed by atoms with Gasteiger partial charge in [0.05, 0.1) is 5.60 Å². The predicted molar refractivity (Wildman–Crippen MR) is 122 cm³/mol. The number of carbonyl (C=O) groups excluding carboxylic acids is 1. The number of rotatable bonds is 12. The van der Waals surface area contributed by atoms with Crippen LogP contribution in [0.15, 0.2) is 84.9 Å². The molecule has 3 aromatic carbocycles. The molecule has 0 aromatic heterocycles. The van der Waals surface area contributed by atoms with Crippen LogP contribution < -0.4 is 4.74 Å². The Morgan fingerprint density at radius 2 is 1.43 bits per heavy atom. The molecule has 0 bridgehead atoms. The number of hydrogen-bond donors (Lipinski definition) is 0. The van der Waals surface area contributed by atoms with E-state index in [1.165, 1.54) is 11.1 Å². The maximum atomic E-state index is 11.4. The van der Waals surface area contributed by atoms with Crippen molar-refractivity contribution in [1.82, 2.24) is 0 Å². The van der Waals surface area contributed by atoms with Crippen LogP contribution >= 0.6 is 0 Å². The first-order chi connectivity index (χ1) is 14.7. The molecule has 0 aliphatic rings. The van der Waals surface area contributed by atoms with Gasteiger partial charge in [-0.1, -0.05) is 86.1 Å². The molecule has 3 heteroatoms. The van der Waals surface area contributed by atoms with Crippen molar-refractivity contribution in [2.75, 3.05) is 6.79 Å². The van der Waals surface area contributed by atoms with Crippen LogP contribution in [0.2, 0.25) is 0 Å². The highest BCUT2D eigenvalue weighted by molar-refractivity contribution is 5.63. The van der Waals surface area contributed by atoms with E-state index in [9.17, 15) is 4.79 Å². The normalized spacial score (nSPS) is 12.8. The first-order valence-electron chi connectivity index (χ1n) is 10.6. The van der Waals surface area contributed by atoms with Crippen LogP contribution in [0.1, 0.15) is 38.2 Å². The van der Waals surface area contributed by atoms with Crippen molar-refractivity contribution in [2.45, 2.75) is 44.6 Å². The maximum Gasteiger partial charge on any atom is 0.189 e. The van der Waals surface area contributed by atoms with Crippen LogP contribution in [0.25, 0.3) is 11.1 Å². The van der Waals surface area contributed by atoms with Crippen LogP contribution in [0.3, 0.4) is 0 Å². The van der Waals surface area contributed by atoms with Crippen LogP contribution in [-0.2, 0) is 16.0 Å². The minimum Gasteiger partial charge on any atom is -0.468 e. The van der Waals surface area contributed by atoms with Gasteiger partial charge in [0, 0.05) is 6.42 Å². The second kappa shape index (κ2) is 11.3. The Bertz CT molecular complexity index is 875. The van der Waals surface area contributed by atoms with Crippen molar-refractivity contribution >= 4 is 6.29 Å². The molecular formula is C27H30O3. The van der Waals surface area contributed by atoms with Crippen molar-refractivity contribution in [3.05, 3.63) is 90.5 Å². The van der Waals surface area contributed by atoms with E-state index in [1.54, 1.807) is 0 Å². The molecular weight excluding hydrogens is 372 g/mol. The zero-order chi connectivity index (χ0) is 21.1. The van der Waals surface area contributed by atoms with Gasteiger partial charge in [0.25, 0.3) is 0 Å². The van der Waals surface area contributed by atoms with Crippen LogP contribution in [-0.4, -0.2) is 18.7 Å². The molecule has 30 heavy (non-hydrogen) atoms. The molecule has 1 atom stereocenters. The zero-order valence-electron chi connectivity index (χ0n) is 17.6. The second-order valence-corrected chi connectivity index (χ2v) is 7.59. The fraction of sp³-hybridized carbons (Fsp3) is 0.296. The van der Waals surface area contributed by atoms with E-state index in [1.807, 2.05) is 60.7 Å². The van der Waals surface area contributed by atoms with Gasteiger partial charge in [-0.3, -0.25) is 0 Å². The smallest absolute Gasteiger partial charge is 0.189 e. The van der Waals surface area contributed by atoms with Gasteiger partial charge in [-0.05, 0) is 48.1 Å². The summed E-state index contributed by atoms with van der Waals surface area (Å²) in [6, 6.07) is 28.6. The molecule has 0 fully saturated rings. The lowest BCUT2D eigenvalue weighted by Gasteiger charge is -2.32. The first-order valence-corrected chi connectivity index (χ1v) is 10.6. The molecule has 0 amide bonds. The summed E-state index contributed by atoms with van der Waals surface area (Å²) in [5.41, 5.74) is 3.09. The molecule has 0 radical (unpaired) electrons. The Morgan fingerprint density at radius 3 is 2.07 bits per heavy atom. The summed E-state index contributed by atoms with van der Waals surface area (Å²) in [6.45, 7) is 2.25. The summed E-state index contributed by atoms with van der Waals surface area (Å²) in [7, 11) is 0. The van der Waals surface area contributed by atoms with E-state index in [-0.39, 0.29) is 6.79 Å². The third-order valence-electron chi connectivity index (χ3n) is 5.43. The van der Waals surface area contributed by atoms with Crippen molar-refractivity contribution in [3.63, 3.8) is 0 Å². The Hall–Kier alpha value is -2.91. The number of benzene rings is 3. The largest absolute Gasteiger partial charge is 0.468 e. The van der Waals surface area contributed by atoms with E-state index in [0.29, 0.717) is 6.42 Å². The highest BCUT2D eigenvalue weighted by atomic mass is 16.7. The number of hydrogen-bond acceptors (Lipinski definition) is 3. The van der Waals surface area contributed by atoms with Crippen molar-refractivity contribution < 1.29 is 14.3 Å². The third kappa shape index (κ3) is 6.30. The Morgan fingerprint density at radius 1 is 0.800 bits per heavy atom. The zero-order valence-corrected chi connectivity index (χ0v) is 17.6. The van der Waals surface area contributed by atoms with Gasteiger partial charge in [0.2, 0.25) is 0 Å². The second-order valence-electron chi connectivity index (χ2n) is 7.59. The Labute approximate surface area is 179 Å². The van der Waals surface area contributed by atoms with E-state index in [4.69, 9.17) is 9.47 Å². The Balaban J connectivity index is 1.59. The summed E-state index contributed by atoms with van der Waals surface area (Å²) in [5.74, 6) is 0.759. The third-order valence-corrected chi connectivity index (χ3v) is 5.43. The standard InChI is InChI=1S/C27H30O3/c1-2-18-27(20-21-28,19-17-23-9-5-3-6-10-23)30-22-29-26-15-13-25(14-16-26)24-11-7-4-8-12-24/h3-16,21H,2,17-20,22H2,1H3/t27-/m1/s1. The minimum atomic E-state index is -0.490. The van der Waals surface area contributed by atoms with E-state index in [0.717, 1.165) is 43.3 Å². The quantitative estimate of drug-likeness (QED) is 0.257. The highest BCUT2D eigenvalue weighted by Crippen LogP contribution is 2.29. The molecule has 0 aliphatic heterocycles. The van der Waals surface area contributed by atoms with E-state index < -0.39 is 5.60 Å². The summed E-state index contributed by atoms with van der Waals surface area (Å²) in [6.07, 6.45) is 4.79. The number of aryl methyl sites for hydroxylation is 1. The van der Waals surface area contributed by atoms with Gasteiger partial charge in [0.1, 0.15) is 12.0 Å². The van der Waals surface area contributed by atoms with E-state index in [2.05, 4.69) is 31.2 Å². The van der Waals surface area contributed by atoms with Crippen LogP contribution in [0.4, 0.5) is 0 Å². The maximum absolute atomic E-state index is 11.4. The number of aldehydes is 1. The minimum absolute atomic E-state index is 0.132. The SMILES string of the molecule is CCC[C@](CC=O)(CCc1ccccc1)OCOc1ccc(-c2ccccc2)cc1. The first kappa shape index (κ1) is 21.8. The fourth-order valence-corrected chi connectivity index (χ4v) is 3.75. The average Bonchev–Trinajstić information content (AvgIpc) is 2.80. The fourth-order valence-electron chi connectivity index (χ4n) is 3.75. The highest BCUT2D eigenvalue weighted by Gasteiger charge is 2.30. The number of carbonyl (C=O) groups is 1. The van der Waals surface area contributed by atoms with Crippen molar-refractivity contribution in [1.29, 1.82) is 0 Å². The van der Waals surface area contributed by atoms with E-state index >= 15 is 0 Å². The van der Waals surface area contributed by atoms with Gasteiger partial charge < -0.3 is 14.3 Å². The van der Waals surface area contributed by atoms with Crippen LogP contribution in [0, 0.1) is 0 Å². The average molecular weight is 403 g/mol. The van der Waals surface area contributed by atoms with Gasteiger partial charge in [0.15, 0.2) is 6.79 Å². The van der Waals surface area contributed by atoms with Gasteiger partial charge in [-0.25, -0.2) is 0 Å². The monoisotopic (exact) mass is 402 g/mol. The number of ether oxygens (including phenoxy) is 2. The summed E-state index contributed by atoms with van der Waals surface area (Å²) in [5, 5.41) is 0. The molecule has 0 saturated heterocycles. The predicted octanol–water partition coefficient (Wildman–Crippen LogP) is 6.47. The molecule has 0 N–H and O–H groups in total. The summed E-state index contributed by atoms with van der Waals surface area (Å²) >= 11 is 0. The molecule has 0 unspecified atom stereocenters. The van der Waals surface area contributed by atoms with Crippen molar-refractivity contribution in [2.24, 2.45) is 0 Å². The van der Waals surface area contributed by atoms with Crippen LogP contribution in [0.5, 0.6) is 5.75 Å². The molecule has 0 heterocycles. The topological polar surface area (TPSA) is 35.5 Å². The van der Waals surface area contributed by atoms with Gasteiger partial charge >= 0.3 is 0 Å². The molecule has 0 saturated carbocycles. The van der Waals surface area contributed by atoms with Crippen molar-refractivity contribution in [3.8, 4) is 16.9 Å². The summed E-state index contributed by atoms with van der Waals surface area (Å²) < 4.78 is 12.1. The Kier molecular flexibility index (Phi) is 8.22. The van der Waals surface area contributed by atoms with Gasteiger partial charge in [-0.15, -0.1) is 0 Å². The molecule has 156 valence electrons.